The fraction of sp³-hybridized carbons (Fsp3) is 0.286. The van der Waals surface area contributed by atoms with Crippen LogP contribution in [0, 0.1) is 12.7 Å². The third-order valence-electron chi connectivity index (χ3n) is 3.35. The molecule has 1 heterocycles. The fourth-order valence-corrected chi connectivity index (χ4v) is 2.90. The molecule has 8 heteroatoms. The van der Waals surface area contributed by atoms with Gasteiger partial charge in [-0.25, -0.2) is 17.5 Å². The molecule has 0 fully saturated rings. The van der Waals surface area contributed by atoms with Crippen molar-refractivity contribution in [1.29, 1.82) is 0 Å². The van der Waals surface area contributed by atoms with Gasteiger partial charge in [0.05, 0.1) is 6.20 Å². The van der Waals surface area contributed by atoms with Gasteiger partial charge >= 0.3 is 0 Å². The van der Waals surface area contributed by atoms with Crippen LogP contribution in [-0.4, -0.2) is 35.3 Å². The lowest BCUT2D eigenvalue weighted by Crippen LogP contribution is -2.09. The van der Waals surface area contributed by atoms with Crippen molar-refractivity contribution in [3.05, 3.63) is 40.8 Å². The normalized spacial score (nSPS) is 11.6. The highest BCUT2D eigenvalue weighted by atomic mass is 32.2. The Labute approximate surface area is 127 Å². The maximum absolute atomic E-state index is 14.2. The van der Waals surface area contributed by atoms with E-state index in [4.69, 9.17) is 0 Å². The minimum absolute atomic E-state index is 0.0177. The highest BCUT2D eigenvalue weighted by Crippen LogP contribution is 2.26. The number of rotatable bonds is 4. The van der Waals surface area contributed by atoms with E-state index in [9.17, 15) is 22.7 Å². The molecule has 0 aliphatic carbocycles. The summed E-state index contributed by atoms with van der Waals surface area (Å²) >= 11 is 0. The van der Waals surface area contributed by atoms with E-state index < -0.39 is 26.3 Å². The van der Waals surface area contributed by atoms with E-state index in [1.807, 2.05) is 0 Å². The van der Waals surface area contributed by atoms with Gasteiger partial charge in [0.2, 0.25) is 5.88 Å². The number of carbonyl (C=O) groups is 1. The largest absolute Gasteiger partial charge is 0.493 e. The number of aryl methyl sites for hydroxylation is 1. The Bertz CT molecular complexity index is 856. The molecule has 0 unspecified atom stereocenters. The van der Waals surface area contributed by atoms with Gasteiger partial charge in [-0.05, 0) is 31.5 Å². The lowest BCUT2D eigenvalue weighted by atomic mass is 10.0. The monoisotopic (exact) mass is 326 g/mol. The van der Waals surface area contributed by atoms with Crippen molar-refractivity contribution in [3.8, 4) is 5.88 Å². The van der Waals surface area contributed by atoms with Crippen molar-refractivity contribution in [2.24, 2.45) is 0 Å². The molecule has 0 bridgehead atoms. The molecule has 0 amide bonds. The van der Waals surface area contributed by atoms with E-state index in [-0.39, 0.29) is 22.6 Å². The number of ketones is 1. The second kappa shape index (κ2) is 5.53. The van der Waals surface area contributed by atoms with Gasteiger partial charge < -0.3 is 5.11 Å². The van der Waals surface area contributed by atoms with E-state index in [1.165, 1.54) is 23.9 Å². The Kier molecular flexibility index (Phi) is 4.06. The van der Waals surface area contributed by atoms with Crippen LogP contribution < -0.4 is 0 Å². The third-order valence-corrected chi connectivity index (χ3v) is 4.47. The van der Waals surface area contributed by atoms with Gasteiger partial charge in [-0.2, -0.15) is 5.10 Å². The molecule has 0 aliphatic heterocycles. The number of aromatic nitrogens is 2. The standard InChI is InChI=1S/C14H15FN2O4S/c1-4-17-14(19)10(7-16-17)13(18)9-5-6-11(22(3,20)21)12(15)8(9)2/h5-7,19H,4H2,1-3H3. The number of halogens is 1. The summed E-state index contributed by atoms with van der Waals surface area (Å²) in [6.07, 6.45) is 2.09. The van der Waals surface area contributed by atoms with Gasteiger partial charge in [0.15, 0.2) is 15.6 Å². The Morgan fingerprint density at radius 3 is 2.50 bits per heavy atom. The number of carbonyl (C=O) groups excluding carboxylic acids is 1. The highest BCUT2D eigenvalue weighted by molar-refractivity contribution is 7.90. The van der Waals surface area contributed by atoms with Gasteiger partial charge in [-0.1, -0.05) is 0 Å². The van der Waals surface area contributed by atoms with Crippen molar-refractivity contribution in [1.82, 2.24) is 9.78 Å². The smallest absolute Gasteiger partial charge is 0.220 e. The van der Waals surface area contributed by atoms with E-state index >= 15 is 0 Å². The van der Waals surface area contributed by atoms with Crippen molar-refractivity contribution in [2.45, 2.75) is 25.3 Å². The molecule has 0 spiro atoms. The minimum atomic E-state index is -3.72. The van der Waals surface area contributed by atoms with Crippen LogP contribution in [0.1, 0.15) is 28.4 Å². The minimum Gasteiger partial charge on any atom is -0.493 e. The molecule has 1 aromatic heterocycles. The second-order valence-corrected chi connectivity index (χ2v) is 6.83. The van der Waals surface area contributed by atoms with Crippen LogP contribution in [0.15, 0.2) is 23.2 Å². The van der Waals surface area contributed by atoms with Crippen LogP contribution >= 0.6 is 0 Å². The predicted octanol–water partition coefficient (Wildman–Crippen LogP) is 1.69. The summed E-state index contributed by atoms with van der Waals surface area (Å²) in [5.41, 5.74) is -0.163. The van der Waals surface area contributed by atoms with Gasteiger partial charge in [0.1, 0.15) is 16.3 Å². The van der Waals surface area contributed by atoms with Crippen LogP contribution in [0.25, 0.3) is 0 Å². The molecule has 22 heavy (non-hydrogen) atoms. The molecular weight excluding hydrogens is 311 g/mol. The molecule has 2 rings (SSSR count). The maximum Gasteiger partial charge on any atom is 0.220 e. The fourth-order valence-electron chi connectivity index (χ4n) is 2.11. The van der Waals surface area contributed by atoms with E-state index in [0.717, 1.165) is 12.3 Å². The predicted molar refractivity (Wildman–Crippen MR) is 77.2 cm³/mol. The van der Waals surface area contributed by atoms with Crippen molar-refractivity contribution in [2.75, 3.05) is 6.26 Å². The summed E-state index contributed by atoms with van der Waals surface area (Å²) in [6.45, 7) is 3.44. The molecule has 1 aromatic carbocycles. The van der Waals surface area contributed by atoms with Gasteiger partial charge in [-0.3, -0.25) is 4.79 Å². The first-order valence-electron chi connectivity index (χ1n) is 6.47. The van der Waals surface area contributed by atoms with Gasteiger partial charge in [0, 0.05) is 18.4 Å². The Morgan fingerprint density at radius 2 is 2.00 bits per heavy atom. The van der Waals surface area contributed by atoms with E-state index in [2.05, 4.69) is 5.10 Å². The maximum atomic E-state index is 14.2. The Balaban J connectivity index is 2.56. The van der Waals surface area contributed by atoms with Gasteiger partial charge in [0.25, 0.3) is 0 Å². The molecule has 0 radical (unpaired) electrons. The average molecular weight is 326 g/mol. The number of nitrogens with zero attached hydrogens (tertiary/aromatic N) is 2. The lowest BCUT2D eigenvalue weighted by molar-refractivity contribution is 0.103. The zero-order chi connectivity index (χ0) is 16.7. The molecule has 6 nitrogen and oxygen atoms in total. The lowest BCUT2D eigenvalue weighted by Gasteiger charge is -2.09. The van der Waals surface area contributed by atoms with Crippen LogP contribution in [0.3, 0.4) is 0 Å². The number of benzene rings is 1. The Morgan fingerprint density at radius 1 is 1.36 bits per heavy atom. The summed E-state index contributed by atoms with van der Waals surface area (Å²) in [5, 5.41) is 13.7. The molecule has 118 valence electrons. The zero-order valence-electron chi connectivity index (χ0n) is 12.3. The summed E-state index contributed by atoms with van der Waals surface area (Å²) < 4.78 is 38.4. The van der Waals surface area contributed by atoms with Crippen LogP contribution in [0.4, 0.5) is 4.39 Å². The Hall–Kier alpha value is -2.22. The molecular formula is C14H15FN2O4S. The molecule has 0 atom stereocenters. The van der Waals surface area contributed by atoms with Crippen LogP contribution in [0.5, 0.6) is 5.88 Å². The van der Waals surface area contributed by atoms with Gasteiger partial charge in [-0.15, -0.1) is 0 Å². The summed E-state index contributed by atoms with van der Waals surface area (Å²) in [6, 6.07) is 2.28. The number of sulfone groups is 1. The molecule has 2 aromatic rings. The second-order valence-electron chi connectivity index (χ2n) is 4.85. The van der Waals surface area contributed by atoms with Crippen LogP contribution in [0.2, 0.25) is 0 Å². The number of hydrogen-bond acceptors (Lipinski definition) is 5. The first-order valence-corrected chi connectivity index (χ1v) is 8.36. The first-order chi connectivity index (χ1) is 10.2. The SMILES string of the molecule is CCn1ncc(C(=O)c2ccc(S(C)(=O)=O)c(F)c2C)c1O. The van der Waals surface area contributed by atoms with E-state index in [0.29, 0.717) is 6.54 Å². The van der Waals surface area contributed by atoms with Crippen molar-refractivity contribution < 1.29 is 22.7 Å². The van der Waals surface area contributed by atoms with E-state index in [1.54, 1.807) is 6.92 Å². The topological polar surface area (TPSA) is 89.3 Å². The number of hydrogen-bond donors (Lipinski definition) is 1. The quantitative estimate of drug-likeness (QED) is 0.864. The molecule has 0 saturated carbocycles. The molecule has 1 N–H and O–H groups in total. The average Bonchev–Trinajstić information content (AvgIpc) is 2.80. The van der Waals surface area contributed by atoms with Crippen molar-refractivity contribution in [3.63, 3.8) is 0 Å². The number of aromatic hydroxyl groups is 1. The van der Waals surface area contributed by atoms with Crippen molar-refractivity contribution >= 4 is 15.6 Å². The third kappa shape index (κ3) is 2.61. The summed E-state index contributed by atoms with van der Waals surface area (Å²) in [4.78, 5) is 11.9. The molecule has 0 saturated heterocycles. The zero-order valence-corrected chi connectivity index (χ0v) is 13.1. The summed E-state index contributed by atoms with van der Waals surface area (Å²) in [7, 11) is -3.72. The molecule has 0 aliphatic rings. The van der Waals surface area contributed by atoms with Crippen LogP contribution in [-0.2, 0) is 16.4 Å². The highest BCUT2D eigenvalue weighted by Gasteiger charge is 2.24. The summed E-state index contributed by atoms with van der Waals surface area (Å²) in [5.74, 6) is -1.89. The first kappa shape index (κ1) is 16.2.